The maximum atomic E-state index is 9.19. The van der Waals surface area contributed by atoms with E-state index < -0.39 is 18.3 Å². The second-order valence-corrected chi connectivity index (χ2v) is 2.56. The van der Waals surface area contributed by atoms with Crippen molar-refractivity contribution in [2.24, 2.45) is 0 Å². The minimum absolute atomic E-state index is 0.140. The average molecular weight is 182 g/mol. The molecule has 11 heavy (non-hydrogen) atoms. The van der Waals surface area contributed by atoms with Gasteiger partial charge in [-0.05, 0) is 0 Å². The first-order chi connectivity index (χ1) is 5.17. The Balaban J connectivity index is 3.86. The molecule has 0 aromatic rings. The summed E-state index contributed by atoms with van der Waals surface area (Å²) >= 11 is 3.78. The molecule has 0 bridgehead atoms. The maximum Gasteiger partial charge on any atom is 0.109 e. The molecule has 0 fully saturated rings. The Kier molecular flexibility index (Phi) is 5.89. The summed E-state index contributed by atoms with van der Waals surface area (Å²) in [7, 11) is 1.36. The van der Waals surface area contributed by atoms with Crippen molar-refractivity contribution in [2.45, 2.75) is 18.3 Å². The SMILES string of the molecule is COC(CO)C(O)C(O)CS. The highest BCUT2D eigenvalue weighted by molar-refractivity contribution is 7.80. The van der Waals surface area contributed by atoms with Crippen LogP contribution in [-0.2, 0) is 4.74 Å². The third-order valence-corrected chi connectivity index (χ3v) is 1.82. The first-order valence-electron chi connectivity index (χ1n) is 3.28. The summed E-state index contributed by atoms with van der Waals surface area (Å²) in [4.78, 5) is 0. The Morgan fingerprint density at radius 3 is 2.27 bits per heavy atom. The number of aliphatic hydroxyl groups is 3. The van der Waals surface area contributed by atoms with Crippen molar-refractivity contribution < 1.29 is 20.1 Å². The Morgan fingerprint density at radius 1 is 1.45 bits per heavy atom. The second kappa shape index (κ2) is 5.79. The molecule has 0 heterocycles. The predicted octanol–water partition coefficient (Wildman–Crippen LogP) is -1.35. The fourth-order valence-electron chi connectivity index (χ4n) is 0.678. The Bertz CT molecular complexity index is 96.6. The molecular weight excluding hydrogens is 168 g/mol. The number of hydrogen-bond acceptors (Lipinski definition) is 5. The van der Waals surface area contributed by atoms with Gasteiger partial charge in [-0.1, -0.05) is 0 Å². The summed E-state index contributed by atoms with van der Waals surface area (Å²) in [5, 5.41) is 26.9. The molecule has 0 rings (SSSR count). The molecule has 0 aromatic carbocycles. The minimum atomic E-state index is -1.08. The first kappa shape index (κ1) is 11.2. The van der Waals surface area contributed by atoms with Crippen molar-refractivity contribution in [2.75, 3.05) is 19.5 Å². The van der Waals surface area contributed by atoms with Gasteiger partial charge >= 0.3 is 0 Å². The van der Waals surface area contributed by atoms with Crippen molar-refractivity contribution in [1.82, 2.24) is 0 Å². The van der Waals surface area contributed by atoms with E-state index in [1.807, 2.05) is 0 Å². The topological polar surface area (TPSA) is 69.9 Å². The van der Waals surface area contributed by atoms with Gasteiger partial charge < -0.3 is 20.1 Å². The molecule has 5 heteroatoms. The van der Waals surface area contributed by atoms with Crippen LogP contribution in [0.3, 0.4) is 0 Å². The molecule has 3 unspecified atom stereocenters. The van der Waals surface area contributed by atoms with Gasteiger partial charge in [0.25, 0.3) is 0 Å². The Hall–Kier alpha value is 0.190. The van der Waals surface area contributed by atoms with Gasteiger partial charge in [-0.15, -0.1) is 0 Å². The van der Waals surface area contributed by atoms with E-state index in [-0.39, 0.29) is 12.4 Å². The summed E-state index contributed by atoms with van der Waals surface area (Å²) in [6.07, 6.45) is -2.78. The molecule has 0 amide bonds. The van der Waals surface area contributed by atoms with Crippen molar-refractivity contribution in [3.63, 3.8) is 0 Å². The molecule has 0 aromatic heterocycles. The summed E-state index contributed by atoms with van der Waals surface area (Å²) < 4.78 is 4.69. The monoisotopic (exact) mass is 182 g/mol. The molecule has 0 aliphatic carbocycles. The quantitative estimate of drug-likeness (QED) is 0.397. The third kappa shape index (κ3) is 3.39. The lowest BCUT2D eigenvalue weighted by molar-refractivity contribution is -0.0856. The van der Waals surface area contributed by atoms with E-state index in [0.29, 0.717) is 0 Å². The Morgan fingerprint density at radius 2 is 2.00 bits per heavy atom. The summed E-state index contributed by atoms with van der Waals surface area (Å²) in [5.74, 6) is 0.140. The molecule has 68 valence electrons. The van der Waals surface area contributed by atoms with Gasteiger partial charge in [0.15, 0.2) is 0 Å². The van der Waals surface area contributed by atoms with Crippen LogP contribution >= 0.6 is 12.6 Å². The van der Waals surface area contributed by atoms with Crippen LogP contribution in [-0.4, -0.2) is 53.1 Å². The lowest BCUT2D eigenvalue weighted by atomic mass is 10.1. The zero-order chi connectivity index (χ0) is 8.85. The van der Waals surface area contributed by atoms with Crippen molar-refractivity contribution in [1.29, 1.82) is 0 Å². The van der Waals surface area contributed by atoms with Crippen molar-refractivity contribution >= 4 is 12.6 Å². The molecule has 0 aliphatic heterocycles. The van der Waals surface area contributed by atoms with Crippen LogP contribution in [0.2, 0.25) is 0 Å². The fourth-order valence-corrected chi connectivity index (χ4v) is 0.894. The van der Waals surface area contributed by atoms with E-state index in [9.17, 15) is 5.11 Å². The van der Waals surface area contributed by atoms with E-state index in [4.69, 9.17) is 14.9 Å². The average Bonchev–Trinajstić information content (AvgIpc) is 2.05. The van der Waals surface area contributed by atoms with Gasteiger partial charge in [0.1, 0.15) is 12.2 Å². The van der Waals surface area contributed by atoms with Crippen molar-refractivity contribution in [3.8, 4) is 0 Å². The van der Waals surface area contributed by atoms with Gasteiger partial charge in [0, 0.05) is 12.9 Å². The molecule has 3 atom stereocenters. The van der Waals surface area contributed by atoms with Gasteiger partial charge in [-0.3, -0.25) is 0 Å². The molecule has 0 radical (unpaired) electrons. The van der Waals surface area contributed by atoms with Crippen LogP contribution < -0.4 is 0 Å². The molecule has 3 N–H and O–H groups in total. The van der Waals surface area contributed by atoms with E-state index in [1.165, 1.54) is 7.11 Å². The van der Waals surface area contributed by atoms with Crippen LogP contribution in [0.1, 0.15) is 0 Å². The number of methoxy groups -OCH3 is 1. The van der Waals surface area contributed by atoms with Gasteiger partial charge in [0.2, 0.25) is 0 Å². The van der Waals surface area contributed by atoms with Crippen LogP contribution in [0.15, 0.2) is 0 Å². The normalized spacial score (nSPS) is 19.4. The Labute approximate surface area is 71.2 Å². The molecule has 0 spiro atoms. The fraction of sp³-hybridized carbons (Fsp3) is 1.00. The lowest BCUT2D eigenvalue weighted by Crippen LogP contribution is -2.41. The maximum absolute atomic E-state index is 9.19. The smallest absolute Gasteiger partial charge is 0.109 e. The number of thiol groups is 1. The van der Waals surface area contributed by atoms with E-state index in [2.05, 4.69) is 12.6 Å². The largest absolute Gasteiger partial charge is 0.394 e. The number of aliphatic hydroxyl groups excluding tert-OH is 3. The zero-order valence-electron chi connectivity index (χ0n) is 6.34. The highest BCUT2D eigenvalue weighted by Gasteiger charge is 2.24. The van der Waals surface area contributed by atoms with Crippen LogP contribution in [0, 0.1) is 0 Å². The van der Waals surface area contributed by atoms with E-state index in [0.717, 1.165) is 0 Å². The van der Waals surface area contributed by atoms with Gasteiger partial charge in [-0.2, -0.15) is 12.6 Å². The molecule has 0 aliphatic rings. The summed E-state index contributed by atoms with van der Waals surface area (Å²) in [6, 6.07) is 0. The number of hydrogen-bond donors (Lipinski definition) is 4. The van der Waals surface area contributed by atoms with Crippen LogP contribution in [0.5, 0.6) is 0 Å². The second-order valence-electron chi connectivity index (χ2n) is 2.20. The van der Waals surface area contributed by atoms with Gasteiger partial charge in [-0.25, -0.2) is 0 Å². The highest BCUT2D eigenvalue weighted by atomic mass is 32.1. The van der Waals surface area contributed by atoms with Crippen molar-refractivity contribution in [3.05, 3.63) is 0 Å². The number of ether oxygens (including phenoxy) is 1. The minimum Gasteiger partial charge on any atom is -0.394 e. The lowest BCUT2D eigenvalue weighted by Gasteiger charge is -2.22. The van der Waals surface area contributed by atoms with E-state index >= 15 is 0 Å². The summed E-state index contributed by atoms with van der Waals surface area (Å²) in [6.45, 7) is -0.317. The standard InChI is InChI=1S/C6H14O4S/c1-10-5(2-7)6(9)4(8)3-11/h4-9,11H,2-3H2,1H3. The number of rotatable bonds is 5. The molecule has 4 nitrogen and oxygen atoms in total. The van der Waals surface area contributed by atoms with E-state index in [1.54, 1.807) is 0 Å². The van der Waals surface area contributed by atoms with Crippen LogP contribution in [0.4, 0.5) is 0 Å². The molecule has 0 saturated heterocycles. The zero-order valence-corrected chi connectivity index (χ0v) is 7.24. The van der Waals surface area contributed by atoms with Crippen LogP contribution in [0.25, 0.3) is 0 Å². The van der Waals surface area contributed by atoms with Gasteiger partial charge in [0.05, 0.1) is 12.7 Å². The third-order valence-electron chi connectivity index (χ3n) is 1.44. The first-order valence-corrected chi connectivity index (χ1v) is 3.91. The predicted molar refractivity (Wildman–Crippen MR) is 43.7 cm³/mol. The summed E-state index contributed by atoms with van der Waals surface area (Å²) in [5.41, 5.74) is 0. The molecule has 0 saturated carbocycles. The highest BCUT2D eigenvalue weighted by Crippen LogP contribution is 2.04. The molecular formula is C6H14O4S.